The van der Waals surface area contributed by atoms with E-state index in [0.717, 1.165) is 6.42 Å². The predicted octanol–water partition coefficient (Wildman–Crippen LogP) is 0.816. The number of carbonyl (C=O) groups excluding carboxylic acids is 1. The van der Waals surface area contributed by atoms with E-state index in [0.29, 0.717) is 25.5 Å². The molecule has 0 saturated carbocycles. The van der Waals surface area contributed by atoms with E-state index < -0.39 is 11.0 Å². The molecule has 114 valence electrons. The van der Waals surface area contributed by atoms with Crippen LogP contribution in [0.1, 0.15) is 25.5 Å². The number of anilines is 2. The summed E-state index contributed by atoms with van der Waals surface area (Å²) >= 11 is 0. The van der Waals surface area contributed by atoms with Crippen LogP contribution in [-0.2, 0) is 4.79 Å². The fourth-order valence-corrected chi connectivity index (χ4v) is 2.20. The number of piperidine rings is 1. The first kappa shape index (κ1) is 14.9. The second kappa shape index (κ2) is 6.33. The van der Waals surface area contributed by atoms with Gasteiger partial charge in [-0.05, 0) is 26.7 Å². The third-order valence-electron chi connectivity index (χ3n) is 3.17. The number of carbonyl (C=O) groups is 1. The number of aryl methyl sites for hydroxylation is 1. The van der Waals surface area contributed by atoms with Crippen molar-refractivity contribution in [3.05, 3.63) is 15.8 Å². The number of hydrogen-bond acceptors (Lipinski definition) is 7. The molecule has 1 saturated heterocycles. The Labute approximate surface area is 121 Å². The van der Waals surface area contributed by atoms with Gasteiger partial charge in [0, 0.05) is 13.1 Å². The van der Waals surface area contributed by atoms with Crippen LogP contribution < -0.4 is 16.0 Å². The maximum Gasteiger partial charge on any atom is 0.332 e. The van der Waals surface area contributed by atoms with Gasteiger partial charge in [0.2, 0.25) is 17.7 Å². The Bertz CT molecular complexity index is 562. The van der Waals surface area contributed by atoms with Crippen molar-refractivity contribution in [1.29, 1.82) is 0 Å². The summed E-state index contributed by atoms with van der Waals surface area (Å²) in [4.78, 5) is 30.6. The Balaban J connectivity index is 2.34. The second-order valence-corrected chi connectivity index (χ2v) is 4.75. The third kappa shape index (κ3) is 3.36. The van der Waals surface area contributed by atoms with Crippen molar-refractivity contribution >= 4 is 23.4 Å². The fraction of sp³-hybridized carbons (Fsp3) is 0.583. The highest BCUT2D eigenvalue weighted by Gasteiger charge is 2.28. The highest BCUT2D eigenvalue weighted by atomic mass is 16.6. The number of rotatable bonds is 5. The first-order valence-corrected chi connectivity index (χ1v) is 6.84. The number of nitrogens with zero attached hydrogens (tertiary/aromatic N) is 3. The van der Waals surface area contributed by atoms with Gasteiger partial charge in [0.05, 0.1) is 4.92 Å². The minimum atomic E-state index is -0.534. The predicted molar refractivity (Wildman–Crippen MR) is 77.2 cm³/mol. The minimum absolute atomic E-state index is 0.0745. The molecule has 2 heterocycles. The summed E-state index contributed by atoms with van der Waals surface area (Å²) in [7, 11) is 0. The lowest BCUT2D eigenvalue weighted by Gasteiger charge is -2.23. The molecule has 1 aliphatic rings. The molecule has 0 aromatic carbocycles. The Kier molecular flexibility index (Phi) is 4.51. The molecular formula is C12H18N6O3. The van der Waals surface area contributed by atoms with E-state index in [1.54, 1.807) is 6.92 Å². The molecule has 0 aliphatic carbocycles. The van der Waals surface area contributed by atoms with E-state index in [2.05, 4.69) is 25.9 Å². The SMILES string of the molecule is CCNc1nc(C)c([N+](=O)[O-])c(NC2CCCNC2=O)n1. The van der Waals surface area contributed by atoms with Gasteiger partial charge < -0.3 is 16.0 Å². The average Bonchev–Trinajstić information content (AvgIpc) is 2.41. The van der Waals surface area contributed by atoms with Gasteiger partial charge in [0.1, 0.15) is 11.7 Å². The summed E-state index contributed by atoms with van der Waals surface area (Å²) in [6.07, 6.45) is 1.43. The van der Waals surface area contributed by atoms with E-state index in [4.69, 9.17) is 0 Å². The molecule has 1 atom stereocenters. The molecule has 1 aromatic rings. The Morgan fingerprint density at radius 1 is 1.48 bits per heavy atom. The topological polar surface area (TPSA) is 122 Å². The standard InChI is InChI=1S/C12H18N6O3/c1-3-13-12-15-7(2)9(18(20)21)10(17-12)16-8-5-4-6-14-11(8)19/h8H,3-6H2,1-2H3,(H,14,19)(H2,13,15,16,17). The summed E-state index contributed by atoms with van der Waals surface area (Å²) in [5.41, 5.74) is 0.0553. The molecule has 2 rings (SSSR count). The number of nitrogens with one attached hydrogen (secondary N) is 3. The zero-order valence-electron chi connectivity index (χ0n) is 12.0. The highest BCUT2D eigenvalue weighted by Crippen LogP contribution is 2.27. The minimum Gasteiger partial charge on any atom is -0.354 e. The van der Waals surface area contributed by atoms with Gasteiger partial charge in [0.15, 0.2) is 0 Å². The van der Waals surface area contributed by atoms with Crippen molar-refractivity contribution in [1.82, 2.24) is 15.3 Å². The first-order chi connectivity index (χ1) is 10.0. The van der Waals surface area contributed by atoms with Crippen LogP contribution in [0.4, 0.5) is 17.5 Å². The summed E-state index contributed by atoms with van der Waals surface area (Å²) < 4.78 is 0. The molecule has 3 N–H and O–H groups in total. The fourth-order valence-electron chi connectivity index (χ4n) is 2.20. The van der Waals surface area contributed by atoms with Crippen molar-refractivity contribution in [2.24, 2.45) is 0 Å². The van der Waals surface area contributed by atoms with E-state index in [1.165, 1.54) is 0 Å². The maximum absolute atomic E-state index is 11.8. The summed E-state index contributed by atoms with van der Waals surface area (Å²) in [5.74, 6) is 0.210. The second-order valence-electron chi connectivity index (χ2n) is 4.75. The third-order valence-corrected chi connectivity index (χ3v) is 3.17. The lowest BCUT2D eigenvalue weighted by Crippen LogP contribution is -2.44. The molecule has 9 nitrogen and oxygen atoms in total. The van der Waals surface area contributed by atoms with Crippen LogP contribution in [0.25, 0.3) is 0 Å². The van der Waals surface area contributed by atoms with E-state index in [1.807, 2.05) is 6.92 Å². The molecule has 1 unspecified atom stereocenters. The van der Waals surface area contributed by atoms with E-state index in [-0.39, 0.29) is 23.1 Å². The number of aromatic nitrogens is 2. The molecule has 0 bridgehead atoms. The van der Waals surface area contributed by atoms with Crippen molar-refractivity contribution in [2.75, 3.05) is 23.7 Å². The van der Waals surface area contributed by atoms with Crippen LogP contribution in [0.15, 0.2) is 0 Å². The molecule has 0 spiro atoms. The summed E-state index contributed by atoms with van der Waals surface area (Å²) in [6.45, 7) is 4.65. The molecule has 9 heteroatoms. The molecular weight excluding hydrogens is 276 g/mol. The zero-order valence-corrected chi connectivity index (χ0v) is 12.0. The Morgan fingerprint density at radius 2 is 2.24 bits per heavy atom. The van der Waals surface area contributed by atoms with Gasteiger partial charge in [-0.15, -0.1) is 0 Å². The highest BCUT2D eigenvalue weighted by molar-refractivity contribution is 5.85. The van der Waals surface area contributed by atoms with Gasteiger partial charge in [-0.3, -0.25) is 14.9 Å². The van der Waals surface area contributed by atoms with Gasteiger partial charge in [-0.2, -0.15) is 4.98 Å². The van der Waals surface area contributed by atoms with E-state index >= 15 is 0 Å². The van der Waals surface area contributed by atoms with E-state index in [9.17, 15) is 14.9 Å². The quantitative estimate of drug-likeness (QED) is 0.542. The molecule has 1 fully saturated rings. The monoisotopic (exact) mass is 294 g/mol. The van der Waals surface area contributed by atoms with Gasteiger partial charge in [-0.1, -0.05) is 0 Å². The number of hydrogen-bond donors (Lipinski definition) is 3. The molecule has 21 heavy (non-hydrogen) atoms. The Morgan fingerprint density at radius 3 is 2.86 bits per heavy atom. The number of amides is 1. The van der Waals surface area contributed by atoms with Crippen LogP contribution in [0, 0.1) is 17.0 Å². The lowest BCUT2D eigenvalue weighted by atomic mass is 10.1. The van der Waals surface area contributed by atoms with Gasteiger partial charge >= 0.3 is 5.69 Å². The largest absolute Gasteiger partial charge is 0.354 e. The van der Waals surface area contributed by atoms with Gasteiger partial charge in [0.25, 0.3) is 0 Å². The zero-order chi connectivity index (χ0) is 15.4. The van der Waals surface area contributed by atoms with Crippen LogP contribution in [0.5, 0.6) is 0 Å². The molecule has 1 aliphatic heterocycles. The summed E-state index contributed by atoms with van der Waals surface area (Å²) in [5, 5.41) is 19.7. The molecule has 1 aromatic heterocycles. The summed E-state index contributed by atoms with van der Waals surface area (Å²) in [6, 6.07) is -0.513. The van der Waals surface area contributed by atoms with Crippen molar-refractivity contribution < 1.29 is 9.72 Å². The maximum atomic E-state index is 11.8. The molecule has 0 radical (unpaired) electrons. The van der Waals surface area contributed by atoms with Crippen molar-refractivity contribution in [2.45, 2.75) is 32.7 Å². The van der Waals surface area contributed by atoms with Crippen LogP contribution in [0.3, 0.4) is 0 Å². The smallest absolute Gasteiger partial charge is 0.332 e. The number of nitro groups is 1. The normalized spacial score (nSPS) is 18.0. The molecule has 1 amide bonds. The van der Waals surface area contributed by atoms with Crippen LogP contribution >= 0.6 is 0 Å². The van der Waals surface area contributed by atoms with Gasteiger partial charge in [-0.25, -0.2) is 4.98 Å². The average molecular weight is 294 g/mol. The van der Waals surface area contributed by atoms with Crippen molar-refractivity contribution in [3.8, 4) is 0 Å². The Hall–Kier alpha value is -2.45. The van der Waals surface area contributed by atoms with Crippen LogP contribution in [0.2, 0.25) is 0 Å². The lowest BCUT2D eigenvalue weighted by molar-refractivity contribution is -0.385. The van der Waals surface area contributed by atoms with Crippen molar-refractivity contribution in [3.63, 3.8) is 0 Å². The van der Waals surface area contributed by atoms with Crippen LogP contribution in [-0.4, -0.2) is 39.9 Å². The first-order valence-electron chi connectivity index (χ1n) is 6.84.